The summed E-state index contributed by atoms with van der Waals surface area (Å²) in [5.41, 5.74) is 0.690. The summed E-state index contributed by atoms with van der Waals surface area (Å²) in [4.78, 5) is 3.77. The lowest BCUT2D eigenvalue weighted by Gasteiger charge is -1.85. The monoisotopic (exact) mass is 129 g/mol. The lowest BCUT2D eigenvalue weighted by atomic mass is 10.6. The van der Waals surface area contributed by atoms with Crippen molar-refractivity contribution in [2.24, 2.45) is 4.99 Å². The first kappa shape index (κ1) is 7.44. The second-order valence-corrected chi connectivity index (χ2v) is 1.76. The van der Waals surface area contributed by atoms with Crippen LogP contribution in [0.4, 0.5) is 0 Å². The van der Waals surface area contributed by atoms with E-state index in [4.69, 9.17) is 11.6 Å². The van der Waals surface area contributed by atoms with Gasteiger partial charge in [0, 0.05) is 5.70 Å². The van der Waals surface area contributed by atoms with E-state index in [1.54, 1.807) is 6.92 Å². The van der Waals surface area contributed by atoms with Gasteiger partial charge in [0.15, 0.2) is 0 Å². The molecule has 0 saturated carbocycles. The largest absolute Gasteiger partial charge is 0.242 e. The highest BCUT2D eigenvalue weighted by atomic mass is 35.5. The number of hydrogen-bond acceptors (Lipinski definition) is 1. The molecule has 0 aliphatic rings. The molecule has 0 saturated heterocycles. The summed E-state index contributed by atoms with van der Waals surface area (Å²) in [6.07, 6.45) is 1.47. The first-order chi connectivity index (χ1) is 3.66. The third-order valence-corrected chi connectivity index (χ3v) is 0.705. The maximum absolute atomic E-state index is 5.43. The van der Waals surface area contributed by atoms with Crippen LogP contribution in [0.15, 0.2) is 29.9 Å². The predicted octanol–water partition coefficient (Wildman–Crippen LogP) is 2.34. The fourth-order valence-corrected chi connectivity index (χ4v) is 0.372. The van der Waals surface area contributed by atoms with Crippen LogP contribution in [0.3, 0.4) is 0 Å². The van der Waals surface area contributed by atoms with E-state index >= 15 is 0 Å². The highest BCUT2D eigenvalue weighted by Gasteiger charge is 1.81. The van der Waals surface area contributed by atoms with Crippen molar-refractivity contribution in [1.82, 2.24) is 0 Å². The molecule has 0 amide bonds. The molecule has 0 atom stereocenters. The first-order valence-electron chi connectivity index (χ1n) is 2.19. The second-order valence-electron chi connectivity index (χ2n) is 1.37. The van der Waals surface area contributed by atoms with Crippen LogP contribution in [0.2, 0.25) is 0 Å². The molecule has 1 nitrogen and oxygen atoms in total. The maximum Gasteiger partial charge on any atom is 0.128 e. The van der Waals surface area contributed by atoms with Crippen molar-refractivity contribution in [1.29, 1.82) is 0 Å². The van der Waals surface area contributed by atoms with Gasteiger partial charge in [-0.1, -0.05) is 24.8 Å². The van der Waals surface area contributed by atoms with E-state index in [1.165, 1.54) is 6.08 Å². The van der Waals surface area contributed by atoms with E-state index < -0.39 is 0 Å². The van der Waals surface area contributed by atoms with Crippen LogP contribution in [-0.4, -0.2) is 5.17 Å². The van der Waals surface area contributed by atoms with Crippen LogP contribution >= 0.6 is 11.6 Å². The maximum atomic E-state index is 5.43. The molecule has 0 spiro atoms. The Balaban J connectivity index is 3.94. The van der Waals surface area contributed by atoms with Crippen LogP contribution in [0.5, 0.6) is 0 Å². The Morgan fingerprint density at radius 2 is 2.25 bits per heavy atom. The van der Waals surface area contributed by atoms with Gasteiger partial charge in [-0.25, -0.2) is 4.99 Å². The van der Waals surface area contributed by atoms with Gasteiger partial charge in [-0.3, -0.25) is 0 Å². The molecule has 0 aromatic heterocycles. The number of nitrogens with zero attached hydrogens (tertiary/aromatic N) is 1. The Labute approximate surface area is 54.4 Å². The van der Waals surface area contributed by atoms with Crippen molar-refractivity contribution in [3.8, 4) is 0 Å². The summed E-state index contributed by atoms with van der Waals surface area (Å²) in [5.74, 6) is 0. The fraction of sp³-hybridized carbons (Fsp3) is 0.167. The molecule has 0 N–H and O–H groups in total. The van der Waals surface area contributed by atoms with Crippen molar-refractivity contribution in [3.63, 3.8) is 0 Å². The highest BCUT2D eigenvalue weighted by Crippen LogP contribution is 1.94. The lowest BCUT2D eigenvalue weighted by molar-refractivity contribution is 1.34. The van der Waals surface area contributed by atoms with Crippen LogP contribution in [0.25, 0.3) is 0 Å². The van der Waals surface area contributed by atoms with Gasteiger partial charge in [0.25, 0.3) is 0 Å². The van der Waals surface area contributed by atoms with Gasteiger partial charge in [-0.05, 0) is 13.0 Å². The van der Waals surface area contributed by atoms with Gasteiger partial charge in [-0.2, -0.15) is 0 Å². The van der Waals surface area contributed by atoms with Crippen LogP contribution in [0.1, 0.15) is 6.92 Å². The number of allylic oxidation sites excluding steroid dienone is 2. The van der Waals surface area contributed by atoms with Crippen molar-refractivity contribution >= 4 is 16.8 Å². The highest BCUT2D eigenvalue weighted by molar-refractivity contribution is 6.68. The zero-order valence-electron chi connectivity index (χ0n) is 4.82. The molecule has 0 aromatic carbocycles. The fourth-order valence-electron chi connectivity index (χ4n) is 0.228. The summed E-state index contributed by atoms with van der Waals surface area (Å²) < 4.78 is 0. The topological polar surface area (TPSA) is 12.4 Å². The first-order valence-corrected chi connectivity index (χ1v) is 2.56. The van der Waals surface area contributed by atoms with Crippen molar-refractivity contribution in [2.45, 2.75) is 6.92 Å². The quantitative estimate of drug-likeness (QED) is 0.508. The average Bonchev–Trinajstić information content (AvgIpc) is 1.65. The Bertz CT molecular complexity index is 135. The second kappa shape index (κ2) is 3.44. The van der Waals surface area contributed by atoms with Gasteiger partial charge >= 0.3 is 0 Å². The van der Waals surface area contributed by atoms with Crippen molar-refractivity contribution < 1.29 is 0 Å². The molecule has 0 radical (unpaired) electrons. The normalized spacial score (nSPS) is 11.0. The molecular weight excluding hydrogens is 122 g/mol. The summed E-state index contributed by atoms with van der Waals surface area (Å²) in [7, 11) is 0. The van der Waals surface area contributed by atoms with Gasteiger partial charge < -0.3 is 0 Å². The van der Waals surface area contributed by atoms with E-state index in [-0.39, 0.29) is 0 Å². The number of rotatable bonds is 2. The molecule has 0 rings (SSSR count). The standard InChI is InChI=1S/C6H8ClN/c1-4-6(7)8-5(2)3/h4H,1-2H2,3H3. The van der Waals surface area contributed by atoms with Crippen molar-refractivity contribution in [3.05, 3.63) is 24.9 Å². The molecular formula is C6H8ClN. The number of halogens is 1. The summed E-state index contributed by atoms with van der Waals surface area (Å²) in [6, 6.07) is 0. The Kier molecular flexibility index (Phi) is 3.20. The number of aliphatic imine (C=N–C) groups is 1. The van der Waals surface area contributed by atoms with Gasteiger partial charge in [0.2, 0.25) is 0 Å². The Morgan fingerprint density at radius 1 is 1.75 bits per heavy atom. The summed E-state index contributed by atoms with van der Waals surface area (Å²) >= 11 is 5.43. The van der Waals surface area contributed by atoms with Gasteiger partial charge in [0.1, 0.15) is 5.17 Å². The van der Waals surface area contributed by atoms with E-state index in [9.17, 15) is 0 Å². The molecule has 44 valence electrons. The Hall–Kier alpha value is -0.560. The van der Waals surface area contributed by atoms with Crippen LogP contribution in [0, 0.1) is 0 Å². The third-order valence-electron chi connectivity index (χ3n) is 0.466. The molecule has 0 bridgehead atoms. The molecule has 2 heteroatoms. The minimum atomic E-state index is 0.387. The average molecular weight is 130 g/mol. The zero-order chi connectivity index (χ0) is 6.57. The van der Waals surface area contributed by atoms with Crippen LogP contribution in [-0.2, 0) is 0 Å². The molecule has 0 heterocycles. The lowest BCUT2D eigenvalue weighted by Crippen LogP contribution is -1.76. The SMILES string of the molecule is C=CC(Cl)=NC(=C)C. The molecule has 8 heavy (non-hydrogen) atoms. The zero-order valence-corrected chi connectivity index (χ0v) is 5.57. The molecule has 0 aliphatic heterocycles. The number of hydrogen-bond donors (Lipinski definition) is 0. The molecule has 0 unspecified atom stereocenters. The van der Waals surface area contributed by atoms with Gasteiger partial charge in [0.05, 0.1) is 0 Å². The van der Waals surface area contributed by atoms with E-state index in [0.717, 1.165) is 0 Å². The minimum Gasteiger partial charge on any atom is -0.242 e. The van der Waals surface area contributed by atoms with Crippen molar-refractivity contribution in [2.75, 3.05) is 0 Å². The van der Waals surface area contributed by atoms with E-state index in [0.29, 0.717) is 10.9 Å². The molecule has 0 aliphatic carbocycles. The summed E-state index contributed by atoms with van der Waals surface area (Å²) in [5, 5.41) is 0.387. The minimum absolute atomic E-state index is 0.387. The van der Waals surface area contributed by atoms with Crippen LogP contribution < -0.4 is 0 Å². The summed E-state index contributed by atoms with van der Waals surface area (Å²) in [6.45, 7) is 8.70. The third kappa shape index (κ3) is 3.62. The van der Waals surface area contributed by atoms with Gasteiger partial charge in [-0.15, -0.1) is 0 Å². The van der Waals surface area contributed by atoms with E-state index in [1.807, 2.05) is 0 Å². The molecule has 0 fully saturated rings. The smallest absolute Gasteiger partial charge is 0.128 e. The Morgan fingerprint density at radius 3 is 2.38 bits per heavy atom. The molecule has 0 aromatic rings. The van der Waals surface area contributed by atoms with E-state index in [2.05, 4.69) is 18.2 Å². The predicted molar refractivity (Wildman–Crippen MR) is 38.3 cm³/mol.